The second-order valence-corrected chi connectivity index (χ2v) is 7.67. The third-order valence-electron chi connectivity index (χ3n) is 3.73. The molecule has 1 atom stereocenters. The maximum absolute atomic E-state index is 12.7. The van der Waals surface area contributed by atoms with Crippen molar-refractivity contribution in [3.8, 4) is 0 Å². The van der Waals surface area contributed by atoms with Crippen molar-refractivity contribution in [3.05, 3.63) is 35.9 Å². The number of aliphatic imine (C=N–C) groups is 1. The second kappa shape index (κ2) is 5.82. The first-order chi connectivity index (χ1) is 10.1. The van der Waals surface area contributed by atoms with E-state index in [9.17, 15) is 8.42 Å². The Balaban J connectivity index is 1.79. The van der Waals surface area contributed by atoms with Crippen LogP contribution in [0.4, 0.5) is 0 Å². The summed E-state index contributed by atoms with van der Waals surface area (Å²) in [5, 5.41) is 3.04. The number of hydrogen-bond acceptors (Lipinski definition) is 4. The van der Waals surface area contributed by atoms with Crippen LogP contribution in [0.3, 0.4) is 0 Å². The third kappa shape index (κ3) is 3.14. The highest BCUT2D eigenvalue weighted by atomic mass is 32.2. The van der Waals surface area contributed by atoms with Gasteiger partial charge in [-0.3, -0.25) is 4.99 Å². The Morgan fingerprint density at radius 3 is 2.76 bits per heavy atom. The van der Waals surface area contributed by atoms with Gasteiger partial charge in [-0.25, -0.2) is 8.42 Å². The van der Waals surface area contributed by atoms with Gasteiger partial charge in [0.15, 0.2) is 0 Å². The Morgan fingerprint density at radius 1 is 1.33 bits per heavy atom. The van der Waals surface area contributed by atoms with Gasteiger partial charge in [-0.15, -0.1) is 0 Å². The van der Waals surface area contributed by atoms with E-state index >= 15 is 0 Å². The standard InChI is InChI=1S/C14H17N3O2S2/c18-21(19,10-11-5-2-1-3-6-11)17-8-4-7-12(17)14-15-9-13(20)16-14/h1-3,5-6,12H,4,7-10H2,(H,15,16,20). The van der Waals surface area contributed by atoms with Crippen molar-refractivity contribution in [1.29, 1.82) is 0 Å². The molecule has 1 fully saturated rings. The van der Waals surface area contributed by atoms with Gasteiger partial charge in [0.05, 0.1) is 18.3 Å². The first-order valence-electron chi connectivity index (χ1n) is 6.94. The topological polar surface area (TPSA) is 61.8 Å². The molecular weight excluding hydrogens is 306 g/mol. The van der Waals surface area contributed by atoms with Crippen LogP contribution in [-0.2, 0) is 15.8 Å². The molecule has 0 saturated carbocycles. The van der Waals surface area contributed by atoms with Gasteiger partial charge < -0.3 is 5.32 Å². The van der Waals surface area contributed by atoms with Crippen LogP contribution in [-0.4, -0.2) is 42.7 Å². The lowest BCUT2D eigenvalue weighted by molar-refractivity contribution is 0.442. The lowest BCUT2D eigenvalue weighted by Crippen LogP contribution is -2.45. The number of nitrogens with zero attached hydrogens (tertiary/aromatic N) is 2. The number of nitrogens with one attached hydrogen (secondary N) is 1. The van der Waals surface area contributed by atoms with Crippen molar-refractivity contribution in [2.75, 3.05) is 13.1 Å². The molecule has 0 bridgehead atoms. The van der Waals surface area contributed by atoms with E-state index in [4.69, 9.17) is 12.2 Å². The molecular formula is C14H17N3O2S2. The average Bonchev–Trinajstić information content (AvgIpc) is 3.07. The molecule has 7 heteroatoms. The molecule has 21 heavy (non-hydrogen) atoms. The lowest BCUT2D eigenvalue weighted by atomic mass is 10.2. The van der Waals surface area contributed by atoms with Crippen molar-refractivity contribution >= 4 is 33.1 Å². The minimum Gasteiger partial charge on any atom is -0.336 e. The van der Waals surface area contributed by atoms with Crippen molar-refractivity contribution in [3.63, 3.8) is 0 Å². The average molecular weight is 323 g/mol. The summed E-state index contributed by atoms with van der Waals surface area (Å²) >= 11 is 5.07. The Morgan fingerprint density at radius 2 is 2.10 bits per heavy atom. The van der Waals surface area contributed by atoms with Gasteiger partial charge in [-0.2, -0.15) is 4.31 Å². The fraction of sp³-hybridized carbons (Fsp3) is 0.429. The van der Waals surface area contributed by atoms with Crippen molar-refractivity contribution in [2.45, 2.75) is 24.6 Å². The monoisotopic (exact) mass is 323 g/mol. The fourth-order valence-corrected chi connectivity index (χ4v) is 4.73. The molecule has 0 radical (unpaired) electrons. The maximum Gasteiger partial charge on any atom is 0.218 e. The molecule has 1 aromatic rings. The van der Waals surface area contributed by atoms with E-state index in [0.29, 0.717) is 23.9 Å². The van der Waals surface area contributed by atoms with E-state index < -0.39 is 10.0 Å². The summed E-state index contributed by atoms with van der Waals surface area (Å²) in [6, 6.07) is 9.07. The van der Waals surface area contributed by atoms with Crippen molar-refractivity contribution in [1.82, 2.24) is 9.62 Å². The molecule has 1 saturated heterocycles. The first-order valence-corrected chi connectivity index (χ1v) is 8.96. The van der Waals surface area contributed by atoms with Crippen LogP contribution in [0.1, 0.15) is 18.4 Å². The largest absolute Gasteiger partial charge is 0.336 e. The Labute approximate surface area is 130 Å². The van der Waals surface area contributed by atoms with E-state index in [0.717, 1.165) is 18.4 Å². The smallest absolute Gasteiger partial charge is 0.218 e. The van der Waals surface area contributed by atoms with Gasteiger partial charge in [0.25, 0.3) is 0 Å². The zero-order chi connectivity index (χ0) is 14.9. The van der Waals surface area contributed by atoms with Crippen LogP contribution in [0.2, 0.25) is 0 Å². The zero-order valence-corrected chi connectivity index (χ0v) is 13.2. The molecule has 2 heterocycles. The first kappa shape index (κ1) is 14.6. The normalized spacial score (nSPS) is 23.1. The highest BCUT2D eigenvalue weighted by molar-refractivity contribution is 7.88. The number of sulfonamides is 1. The number of hydrogen-bond donors (Lipinski definition) is 1. The van der Waals surface area contributed by atoms with Crippen LogP contribution < -0.4 is 5.32 Å². The van der Waals surface area contributed by atoms with Crippen LogP contribution in [0, 0.1) is 0 Å². The summed E-state index contributed by atoms with van der Waals surface area (Å²) < 4.78 is 26.9. The van der Waals surface area contributed by atoms with Gasteiger partial charge in [0.2, 0.25) is 10.0 Å². The summed E-state index contributed by atoms with van der Waals surface area (Å²) in [4.78, 5) is 4.99. The zero-order valence-electron chi connectivity index (χ0n) is 11.5. The predicted octanol–water partition coefficient (Wildman–Crippen LogP) is 1.31. The van der Waals surface area contributed by atoms with Gasteiger partial charge in [-0.1, -0.05) is 42.5 Å². The number of thiocarbonyl (C=S) groups is 1. The van der Waals surface area contributed by atoms with Crippen LogP contribution >= 0.6 is 12.2 Å². The molecule has 2 aliphatic heterocycles. The predicted molar refractivity (Wildman–Crippen MR) is 86.8 cm³/mol. The van der Waals surface area contributed by atoms with E-state index in [2.05, 4.69) is 10.3 Å². The molecule has 0 aliphatic carbocycles. The second-order valence-electron chi connectivity index (χ2n) is 5.26. The number of amidine groups is 1. The molecule has 1 unspecified atom stereocenters. The number of benzene rings is 1. The summed E-state index contributed by atoms with van der Waals surface area (Å²) in [6.07, 6.45) is 1.65. The third-order valence-corrected chi connectivity index (χ3v) is 5.81. The molecule has 0 spiro atoms. The summed E-state index contributed by atoms with van der Waals surface area (Å²) in [5.41, 5.74) is 0.806. The maximum atomic E-state index is 12.7. The quantitative estimate of drug-likeness (QED) is 0.849. The molecule has 112 valence electrons. The Hall–Kier alpha value is -1.31. The van der Waals surface area contributed by atoms with Crippen molar-refractivity contribution in [2.24, 2.45) is 4.99 Å². The number of rotatable bonds is 4. The Bertz CT molecular complexity index is 671. The lowest BCUT2D eigenvalue weighted by Gasteiger charge is -2.24. The molecule has 0 aromatic heterocycles. The molecule has 0 amide bonds. The molecule has 1 N–H and O–H groups in total. The minimum atomic E-state index is -3.35. The van der Waals surface area contributed by atoms with Crippen LogP contribution in [0.15, 0.2) is 35.3 Å². The minimum absolute atomic E-state index is 0.0298. The molecule has 2 aliphatic rings. The molecule has 1 aromatic carbocycles. The van der Waals surface area contributed by atoms with Crippen LogP contribution in [0.5, 0.6) is 0 Å². The summed E-state index contributed by atoms with van der Waals surface area (Å²) in [5.74, 6) is 0.733. The Kier molecular flexibility index (Phi) is 4.05. The summed E-state index contributed by atoms with van der Waals surface area (Å²) in [6.45, 7) is 1.01. The fourth-order valence-electron chi connectivity index (χ4n) is 2.78. The van der Waals surface area contributed by atoms with Gasteiger partial charge in [-0.05, 0) is 18.4 Å². The highest BCUT2D eigenvalue weighted by Gasteiger charge is 2.38. The van der Waals surface area contributed by atoms with E-state index in [-0.39, 0.29) is 11.8 Å². The highest BCUT2D eigenvalue weighted by Crippen LogP contribution is 2.25. The van der Waals surface area contributed by atoms with E-state index in [1.165, 1.54) is 0 Å². The van der Waals surface area contributed by atoms with Gasteiger partial charge in [0, 0.05) is 6.54 Å². The van der Waals surface area contributed by atoms with Gasteiger partial charge in [0.1, 0.15) is 10.8 Å². The van der Waals surface area contributed by atoms with E-state index in [1.807, 2.05) is 30.3 Å². The summed E-state index contributed by atoms with van der Waals surface area (Å²) in [7, 11) is -3.35. The SMILES string of the molecule is O=S(=O)(Cc1ccccc1)N1CCCC1C1=NCC(=S)N1. The molecule has 3 rings (SSSR count). The van der Waals surface area contributed by atoms with Gasteiger partial charge >= 0.3 is 0 Å². The van der Waals surface area contributed by atoms with Crippen molar-refractivity contribution < 1.29 is 8.42 Å². The van der Waals surface area contributed by atoms with E-state index in [1.54, 1.807) is 4.31 Å². The van der Waals surface area contributed by atoms with Crippen LogP contribution in [0.25, 0.3) is 0 Å². The molecule has 5 nitrogen and oxygen atoms in total.